The topological polar surface area (TPSA) is 103 Å². The van der Waals surface area contributed by atoms with Gasteiger partial charge in [-0.3, -0.25) is 15.2 Å². The molecule has 0 aliphatic carbocycles. The Morgan fingerprint density at radius 1 is 1.14 bits per heavy atom. The largest absolute Gasteiger partial charge is 0.367 e. The summed E-state index contributed by atoms with van der Waals surface area (Å²) in [5.41, 5.74) is 5.79. The Kier molecular flexibility index (Phi) is 10.2. The molecular weight excluding hydrogens is 542 g/mol. The van der Waals surface area contributed by atoms with Crippen LogP contribution in [0.1, 0.15) is 68.2 Å². The Bertz CT molecular complexity index is 1330. The van der Waals surface area contributed by atoms with E-state index in [2.05, 4.69) is 61.7 Å². The number of carbonyl (C=O) groups excluding carboxylic acids is 1. The predicted molar refractivity (Wildman–Crippen MR) is 158 cm³/mol. The molecule has 3 aromatic rings. The first-order chi connectivity index (χ1) is 19.9. The number of halogens is 2. The first-order valence-corrected chi connectivity index (χ1v) is 14.3. The predicted octanol–water partition coefficient (Wildman–Crippen LogP) is 4.26. The molecule has 2 N–H and O–H groups in total. The van der Waals surface area contributed by atoms with Crippen molar-refractivity contribution in [2.45, 2.75) is 58.5 Å². The number of amides is 1. The third kappa shape index (κ3) is 8.08. The summed E-state index contributed by atoms with van der Waals surface area (Å²) in [4.78, 5) is 25.5. The van der Waals surface area contributed by atoms with Crippen molar-refractivity contribution in [2.24, 2.45) is 0 Å². The molecule has 1 amide bonds. The van der Waals surface area contributed by atoms with E-state index in [1.165, 1.54) is 6.07 Å². The van der Waals surface area contributed by atoms with Crippen LogP contribution in [-0.2, 0) is 12.0 Å². The highest BCUT2D eigenvalue weighted by atomic mass is 19.3. The van der Waals surface area contributed by atoms with Crippen molar-refractivity contribution in [1.29, 1.82) is 0 Å². The van der Waals surface area contributed by atoms with E-state index in [9.17, 15) is 13.6 Å². The number of carbonyl (C=O) groups is 1. The summed E-state index contributed by atoms with van der Waals surface area (Å²) >= 11 is 0. The van der Waals surface area contributed by atoms with E-state index >= 15 is 0 Å². The molecule has 1 aliphatic heterocycles. The smallest absolute Gasteiger partial charge is 0.315 e. The number of benzene rings is 1. The van der Waals surface area contributed by atoms with E-state index in [4.69, 9.17) is 4.52 Å². The molecule has 1 aliphatic rings. The van der Waals surface area contributed by atoms with Gasteiger partial charge in [0.15, 0.2) is 5.82 Å². The van der Waals surface area contributed by atoms with Crippen LogP contribution < -0.4 is 15.6 Å². The second-order valence-electron chi connectivity index (χ2n) is 12.1. The minimum atomic E-state index is -2.72. The van der Waals surface area contributed by atoms with Gasteiger partial charge in [-0.15, -0.1) is 0 Å². The third-order valence-corrected chi connectivity index (χ3v) is 7.26. The van der Waals surface area contributed by atoms with Gasteiger partial charge in [0.1, 0.15) is 0 Å². The van der Waals surface area contributed by atoms with Crippen molar-refractivity contribution < 1.29 is 18.1 Å². The van der Waals surface area contributed by atoms with Gasteiger partial charge >= 0.3 is 11.8 Å². The Balaban J connectivity index is 1.44. The summed E-state index contributed by atoms with van der Waals surface area (Å²) < 4.78 is 33.5. The standard InChI is InChI=1S/C30H42F2N8O2/c1-20(10-12-38(5)6)36-40-15-13-39(14-16-40)25-19-33-11-9-23(25)21-7-8-22(24(17-21)26(31)32)18-34-27(41)28-35-29(37-42-28)30(2,3)4/h7-9,11,17,19-20,26,36H,10,12-16,18H2,1-6H3,(H,34,41). The van der Waals surface area contributed by atoms with Crippen LogP contribution in [0.3, 0.4) is 0 Å². The number of anilines is 1. The van der Waals surface area contributed by atoms with Crippen molar-refractivity contribution in [3.8, 4) is 11.1 Å². The number of nitrogens with one attached hydrogen (secondary N) is 2. The van der Waals surface area contributed by atoms with Crippen molar-refractivity contribution >= 4 is 11.6 Å². The molecule has 0 saturated carbocycles. The zero-order valence-electron chi connectivity index (χ0n) is 25.3. The van der Waals surface area contributed by atoms with Crippen LogP contribution in [0, 0.1) is 0 Å². The molecule has 0 bridgehead atoms. The van der Waals surface area contributed by atoms with Crippen LogP contribution in [-0.4, -0.2) is 83.8 Å². The first-order valence-electron chi connectivity index (χ1n) is 14.3. The number of rotatable bonds is 11. The Labute approximate surface area is 246 Å². The summed E-state index contributed by atoms with van der Waals surface area (Å²) in [6.45, 7) is 12.0. The molecule has 1 saturated heterocycles. The molecule has 1 fully saturated rings. The van der Waals surface area contributed by atoms with Crippen molar-refractivity contribution in [1.82, 2.24) is 35.8 Å². The average Bonchev–Trinajstić information content (AvgIpc) is 3.47. The highest BCUT2D eigenvalue weighted by Gasteiger charge is 2.25. The number of aromatic nitrogens is 3. The van der Waals surface area contributed by atoms with Gasteiger partial charge in [-0.1, -0.05) is 38.1 Å². The van der Waals surface area contributed by atoms with Gasteiger partial charge in [-0.2, -0.15) is 4.98 Å². The zero-order chi connectivity index (χ0) is 30.4. The number of pyridine rings is 1. The van der Waals surface area contributed by atoms with E-state index in [1.807, 2.05) is 26.8 Å². The fourth-order valence-corrected chi connectivity index (χ4v) is 4.78. The SMILES string of the molecule is CC(CCN(C)C)NN1CCN(c2cnccc2-c2ccc(CNC(=O)c3nc(C(C)(C)C)no3)c(C(F)F)c2)CC1. The van der Waals surface area contributed by atoms with Crippen molar-refractivity contribution in [2.75, 3.05) is 51.7 Å². The van der Waals surface area contributed by atoms with Gasteiger partial charge in [-0.05, 0) is 57.2 Å². The Morgan fingerprint density at radius 2 is 1.88 bits per heavy atom. The molecule has 2 aromatic heterocycles. The van der Waals surface area contributed by atoms with Gasteiger partial charge < -0.3 is 19.6 Å². The molecule has 1 atom stereocenters. The highest BCUT2D eigenvalue weighted by molar-refractivity contribution is 5.89. The lowest BCUT2D eigenvalue weighted by Gasteiger charge is -2.38. The van der Waals surface area contributed by atoms with E-state index in [-0.39, 0.29) is 23.4 Å². The molecule has 4 rings (SSSR count). The fourth-order valence-electron chi connectivity index (χ4n) is 4.78. The zero-order valence-corrected chi connectivity index (χ0v) is 25.3. The molecule has 10 nitrogen and oxygen atoms in total. The number of hydrogen-bond donors (Lipinski definition) is 2. The van der Waals surface area contributed by atoms with Gasteiger partial charge in [0, 0.05) is 61.5 Å². The maximum atomic E-state index is 14.2. The van der Waals surface area contributed by atoms with Gasteiger partial charge in [0.2, 0.25) is 0 Å². The summed E-state index contributed by atoms with van der Waals surface area (Å²) in [5.74, 6) is -0.417. The third-order valence-electron chi connectivity index (χ3n) is 7.26. The molecule has 12 heteroatoms. The van der Waals surface area contributed by atoms with E-state index < -0.39 is 12.3 Å². The Morgan fingerprint density at radius 3 is 2.52 bits per heavy atom. The summed E-state index contributed by atoms with van der Waals surface area (Å²) in [6.07, 6.45) is 1.81. The molecule has 0 spiro atoms. The van der Waals surface area contributed by atoms with E-state index in [0.717, 1.165) is 50.4 Å². The van der Waals surface area contributed by atoms with Crippen LogP contribution in [0.4, 0.5) is 14.5 Å². The van der Waals surface area contributed by atoms with Crippen LogP contribution in [0.25, 0.3) is 11.1 Å². The van der Waals surface area contributed by atoms with Crippen LogP contribution >= 0.6 is 0 Å². The van der Waals surface area contributed by atoms with Crippen LogP contribution in [0.15, 0.2) is 41.2 Å². The monoisotopic (exact) mass is 584 g/mol. The summed E-state index contributed by atoms with van der Waals surface area (Å²) in [6, 6.07) is 7.17. The lowest BCUT2D eigenvalue weighted by Crippen LogP contribution is -2.54. The van der Waals surface area contributed by atoms with E-state index in [0.29, 0.717) is 23.0 Å². The maximum absolute atomic E-state index is 14.2. The highest BCUT2D eigenvalue weighted by Crippen LogP contribution is 2.34. The first kappa shape index (κ1) is 31.5. The number of nitrogens with zero attached hydrogens (tertiary/aromatic N) is 6. The van der Waals surface area contributed by atoms with Crippen molar-refractivity contribution in [3.05, 3.63) is 59.5 Å². The van der Waals surface area contributed by atoms with Gasteiger partial charge in [0.05, 0.1) is 11.9 Å². The fraction of sp³-hybridized carbons (Fsp3) is 0.533. The number of hydrogen-bond acceptors (Lipinski definition) is 9. The molecule has 1 unspecified atom stereocenters. The summed E-state index contributed by atoms with van der Waals surface area (Å²) in [7, 11) is 4.15. The van der Waals surface area contributed by atoms with Crippen LogP contribution in [0.5, 0.6) is 0 Å². The molecule has 0 radical (unpaired) electrons. The van der Waals surface area contributed by atoms with Crippen LogP contribution in [0.2, 0.25) is 0 Å². The number of hydrazine groups is 1. The average molecular weight is 585 g/mol. The second kappa shape index (κ2) is 13.7. The lowest BCUT2D eigenvalue weighted by atomic mass is 9.96. The normalized spacial score (nSPS) is 15.4. The molecular formula is C30H42F2N8O2. The Hall–Kier alpha value is -3.48. The van der Waals surface area contributed by atoms with Gasteiger partial charge in [-0.25, -0.2) is 13.8 Å². The molecule has 42 heavy (non-hydrogen) atoms. The van der Waals surface area contributed by atoms with Gasteiger partial charge in [0.25, 0.3) is 6.43 Å². The maximum Gasteiger partial charge on any atom is 0.315 e. The molecule has 1 aromatic carbocycles. The quantitative estimate of drug-likeness (QED) is 0.342. The molecule has 3 heterocycles. The minimum absolute atomic E-state index is 0.100. The second-order valence-corrected chi connectivity index (χ2v) is 12.1. The number of piperazine rings is 1. The number of alkyl halides is 2. The van der Waals surface area contributed by atoms with Crippen molar-refractivity contribution in [3.63, 3.8) is 0 Å². The minimum Gasteiger partial charge on any atom is -0.367 e. The molecule has 228 valence electrons. The summed E-state index contributed by atoms with van der Waals surface area (Å²) in [5, 5.41) is 8.73. The van der Waals surface area contributed by atoms with E-state index in [1.54, 1.807) is 24.5 Å². The lowest BCUT2D eigenvalue weighted by molar-refractivity contribution is 0.0905.